The second-order valence-corrected chi connectivity index (χ2v) is 5.18. The summed E-state index contributed by atoms with van der Waals surface area (Å²) in [7, 11) is 0. The summed E-state index contributed by atoms with van der Waals surface area (Å²) >= 11 is 0. The van der Waals surface area contributed by atoms with Crippen LogP contribution in [0.1, 0.15) is 46.5 Å². The van der Waals surface area contributed by atoms with Crippen LogP contribution in [-0.2, 0) is 0 Å². The smallest absolute Gasteiger partial charge is 0.0153 e. The molecule has 0 heteroatoms. The van der Waals surface area contributed by atoms with E-state index in [2.05, 4.69) is 20.8 Å². The van der Waals surface area contributed by atoms with Crippen LogP contribution >= 0.6 is 0 Å². The molecule has 0 nitrogen and oxygen atoms in total. The zero-order valence-electron chi connectivity index (χ0n) is 7.98. The second kappa shape index (κ2) is 2.24. The quantitative estimate of drug-likeness (QED) is 0.538. The molecule has 2 fully saturated rings. The minimum Gasteiger partial charge on any atom is -0.0625 e. The van der Waals surface area contributed by atoms with Gasteiger partial charge in [-0.15, -0.1) is 0 Å². The van der Waals surface area contributed by atoms with E-state index in [1.807, 2.05) is 5.92 Å². The first-order valence-corrected chi connectivity index (χ1v) is 4.96. The Morgan fingerprint density at radius 2 is 1.91 bits per heavy atom. The van der Waals surface area contributed by atoms with Crippen molar-refractivity contribution < 1.29 is 0 Å². The van der Waals surface area contributed by atoms with Crippen LogP contribution in [0.4, 0.5) is 0 Å². The van der Waals surface area contributed by atoms with E-state index in [9.17, 15) is 0 Å². The lowest BCUT2D eigenvalue weighted by Gasteiger charge is -2.53. The molecule has 0 saturated heterocycles. The van der Waals surface area contributed by atoms with E-state index >= 15 is 0 Å². The van der Waals surface area contributed by atoms with Gasteiger partial charge in [-0.25, -0.2) is 0 Å². The predicted molar refractivity (Wildman–Crippen MR) is 48.1 cm³/mol. The normalized spacial score (nSPS) is 42.8. The highest BCUT2D eigenvalue weighted by atomic mass is 14.5. The first-order valence-electron chi connectivity index (χ1n) is 4.96. The summed E-state index contributed by atoms with van der Waals surface area (Å²) in [5, 5.41) is 0. The largest absolute Gasteiger partial charge is 0.0625 e. The zero-order chi connectivity index (χ0) is 8.06. The van der Waals surface area contributed by atoms with Crippen LogP contribution in [0.5, 0.6) is 0 Å². The minimum atomic E-state index is 0.616. The van der Waals surface area contributed by atoms with E-state index in [4.69, 9.17) is 0 Å². The number of rotatable bonds is 1. The van der Waals surface area contributed by atoms with Gasteiger partial charge in [-0.2, -0.15) is 0 Å². The van der Waals surface area contributed by atoms with Crippen molar-refractivity contribution in [3.05, 3.63) is 5.92 Å². The molecule has 11 heavy (non-hydrogen) atoms. The van der Waals surface area contributed by atoms with E-state index < -0.39 is 0 Å². The average Bonchev–Trinajstić information content (AvgIpc) is 1.83. The Morgan fingerprint density at radius 3 is 2.18 bits per heavy atom. The molecule has 0 aromatic heterocycles. The maximum absolute atomic E-state index is 2.41. The van der Waals surface area contributed by atoms with Crippen molar-refractivity contribution in [1.29, 1.82) is 0 Å². The fraction of sp³-hybridized carbons (Fsp3) is 0.909. The molecule has 0 aliphatic heterocycles. The molecule has 0 atom stereocenters. The molecule has 1 radical (unpaired) electrons. The predicted octanol–water partition coefficient (Wildman–Crippen LogP) is 3.43. The van der Waals surface area contributed by atoms with Gasteiger partial charge in [0.1, 0.15) is 0 Å². The van der Waals surface area contributed by atoms with Gasteiger partial charge in [0.15, 0.2) is 0 Å². The Balaban J connectivity index is 1.88. The van der Waals surface area contributed by atoms with Crippen molar-refractivity contribution in [2.45, 2.75) is 46.5 Å². The highest BCUT2D eigenvalue weighted by molar-refractivity contribution is 5.17. The molecule has 2 rings (SSSR count). The molecule has 63 valence electrons. The van der Waals surface area contributed by atoms with Gasteiger partial charge in [0, 0.05) is 0 Å². The Hall–Kier alpha value is 0. The monoisotopic (exact) mass is 151 g/mol. The van der Waals surface area contributed by atoms with Crippen LogP contribution in [0.25, 0.3) is 0 Å². The lowest BCUT2D eigenvalue weighted by atomic mass is 9.52. The summed E-state index contributed by atoms with van der Waals surface area (Å²) in [6, 6.07) is 0. The Kier molecular flexibility index (Phi) is 1.56. The van der Waals surface area contributed by atoms with E-state index in [1.165, 1.54) is 25.7 Å². The van der Waals surface area contributed by atoms with E-state index in [0.717, 1.165) is 11.8 Å². The van der Waals surface area contributed by atoms with Crippen LogP contribution < -0.4 is 0 Å². The second-order valence-electron chi connectivity index (χ2n) is 5.18. The first-order chi connectivity index (χ1) is 5.09. The van der Waals surface area contributed by atoms with Crippen LogP contribution in [-0.4, -0.2) is 0 Å². The third kappa shape index (κ3) is 1.11. The molecule has 0 amide bonds. The number of hydrogen-bond acceptors (Lipinski definition) is 0. The van der Waals surface area contributed by atoms with Crippen molar-refractivity contribution in [3.8, 4) is 0 Å². The van der Waals surface area contributed by atoms with Crippen LogP contribution in [0.3, 0.4) is 0 Å². The average molecular weight is 151 g/mol. The molecule has 2 aliphatic rings. The summed E-state index contributed by atoms with van der Waals surface area (Å²) in [6.45, 7) is 7.20. The summed E-state index contributed by atoms with van der Waals surface area (Å²) in [4.78, 5) is 0. The summed E-state index contributed by atoms with van der Waals surface area (Å²) in [5.41, 5.74) is 0.616. The topological polar surface area (TPSA) is 0 Å². The van der Waals surface area contributed by atoms with Crippen molar-refractivity contribution in [3.63, 3.8) is 0 Å². The minimum absolute atomic E-state index is 0.616. The SMILES string of the molecule is CC1CC([C]2CCC2(C)C)C1. The summed E-state index contributed by atoms with van der Waals surface area (Å²) < 4.78 is 0. The van der Waals surface area contributed by atoms with Gasteiger partial charge < -0.3 is 0 Å². The maximum atomic E-state index is 2.41. The van der Waals surface area contributed by atoms with Gasteiger partial charge in [-0.1, -0.05) is 20.8 Å². The van der Waals surface area contributed by atoms with Crippen molar-refractivity contribution in [2.24, 2.45) is 17.3 Å². The van der Waals surface area contributed by atoms with Crippen molar-refractivity contribution in [1.82, 2.24) is 0 Å². The highest BCUT2D eigenvalue weighted by Gasteiger charge is 2.46. The molecule has 0 aromatic rings. The first kappa shape index (κ1) is 7.64. The molecular formula is C11H19. The number of hydrogen-bond donors (Lipinski definition) is 0. The Bertz CT molecular complexity index is 151. The lowest BCUT2D eigenvalue weighted by Crippen LogP contribution is -2.42. The van der Waals surface area contributed by atoms with E-state index in [1.54, 1.807) is 0 Å². The van der Waals surface area contributed by atoms with Gasteiger partial charge in [0.05, 0.1) is 0 Å². The standard InChI is InChI=1S/C11H19/c1-8-6-9(7-8)10-4-5-11(10,2)3/h8-9H,4-7H2,1-3H3. The molecule has 0 heterocycles. The van der Waals surface area contributed by atoms with E-state index in [-0.39, 0.29) is 0 Å². The molecule has 0 unspecified atom stereocenters. The molecular weight excluding hydrogens is 132 g/mol. The van der Waals surface area contributed by atoms with Crippen LogP contribution in [0.15, 0.2) is 0 Å². The fourth-order valence-corrected chi connectivity index (χ4v) is 2.71. The Morgan fingerprint density at radius 1 is 1.27 bits per heavy atom. The maximum Gasteiger partial charge on any atom is -0.0153 e. The van der Waals surface area contributed by atoms with Gasteiger partial charge >= 0.3 is 0 Å². The van der Waals surface area contributed by atoms with Gasteiger partial charge in [-0.3, -0.25) is 0 Å². The molecule has 2 aliphatic carbocycles. The molecule has 0 bridgehead atoms. The van der Waals surface area contributed by atoms with Crippen LogP contribution in [0, 0.1) is 23.2 Å². The fourth-order valence-electron chi connectivity index (χ4n) is 2.71. The molecule has 2 saturated carbocycles. The van der Waals surface area contributed by atoms with E-state index in [0.29, 0.717) is 5.41 Å². The molecule has 0 spiro atoms. The molecule has 0 aromatic carbocycles. The van der Waals surface area contributed by atoms with Gasteiger partial charge in [0.25, 0.3) is 0 Å². The zero-order valence-corrected chi connectivity index (χ0v) is 7.98. The summed E-state index contributed by atoms with van der Waals surface area (Å²) in [6.07, 6.45) is 5.84. The highest BCUT2D eigenvalue weighted by Crippen LogP contribution is 2.57. The van der Waals surface area contributed by atoms with Crippen molar-refractivity contribution in [2.75, 3.05) is 0 Å². The third-order valence-corrected chi connectivity index (χ3v) is 3.76. The lowest BCUT2D eigenvalue weighted by molar-refractivity contribution is 0.103. The molecule has 0 N–H and O–H groups in total. The third-order valence-electron chi connectivity index (χ3n) is 3.76. The Labute approximate surface area is 70.4 Å². The van der Waals surface area contributed by atoms with Crippen LogP contribution in [0.2, 0.25) is 0 Å². The van der Waals surface area contributed by atoms with Gasteiger partial charge in [-0.05, 0) is 48.9 Å². The van der Waals surface area contributed by atoms with Crippen molar-refractivity contribution >= 4 is 0 Å². The summed E-state index contributed by atoms with van der Waals surface area (Å²) in [5.74, 6) is 3.92. The van der Waals surface area contributed by atoms with Gasteiger partial charge in [0.2, 0.25) is 0 Å².